The summed E-state index contributed by atoms with van der Waals surface area (Å²) in [7, 11) is 3.63. The molecular formula is C18H24ClN5O. The molecule has 0 aliphatic carbocycles. The minimum atomic E-state index is -0.0273. The van der Waals surface area contributed by atoms with E-state index in [9.17, 15) is 4.79 Å². The van der Waals surface area contributed by atoms with Crippen LogP contribution in [0.4, 0.5) is 11.5 Å². The molecule has 7 heteroatoms. The number of hydrogen-bond donors (Lipinski definition) is 2. The van der Waals surface area contributed by atoms with E-state index in [1.165, 1.54) is 4.68 Å². The molecule has 0 spiro atoms. The summed E-state index contributed by atoms with van der Waals surface area (Å²) < 4.78 is 1.43. The number of nitrogens with zero attached hydrogens (tertiary/aromatic N) is 3. The Balaban J connectivity index is 1.92. The first-order valence-corrected chi connectivity index (χ1v) is 8.88. The van der Waals surface area contributed by atoms with E-state index in [1.54, 1.807) is 7.05 Å². The lowest BCUT2D eigenvalue weighted by atomic mass is 10.0. The molecule has 2 heterocycles. The van der Waals surface area contributed by atoms with Crippen LogP contribution in [0, 0.1) is 0 Å². The highest BCUT2D eigenvalue weighted by atomic mass is 35.5. The van der Waals surface area contributed by atoms with Gasteiger partial charge in [0.2, 0.25) is 0 Å². The third-order valence-electron chi connectivity index (χ3n) is 4.52. The van der Waals surface area contributed by atoms with E-state index < -0.39 is 0 Å². The Morgan fingerprint density at radius 2 is 2.00 bits per heavy atom. The molecule has 0 bridgehead atoms. The molecule has 1 unspecified atom stereocenters. The highest BCUT2D eigenvalue weighted by molar-refractivity contribution is 6.30. The number of fused-ring (bicyclic) bond motifs is 1. The SMILES string of the molecule is CNCC(C)Nc1nn(C)c(=O)c2c1CCN(c1ccc(Cl)cc1)C2. The maximum absolute atomic E-state index is 12.6. The summed E-state index contributed by atoms with van der Waals surface area (Å²) in [5.74, 6) is 0.815. The lowest BCUT2D eigenvalue weighted by molar-refractivity contribution is 0.634. The van der Waals surface area contributed by atoms with Gasteiger partial charge in [0.05, 0.1) is 0 Å². The second-order valence-corrected chi connectivity index (χ2v) is 6.92. The van der Waals surface area contributed by atoms with Crippen molar-refractivity contribution in [1.82, 2.24) is 15.1 Å². The molecule has 0 radical (unpaired) electrons. The Labute approximate surface area is 152 Å². The van der Waals surface area contributed by atoms with Crippen LogP contribution in [0.5, 0.6) is 0 Å². The number of benzene rings is 1. The van der Waals surface area contributed by atoms with Gasteiger partial charge in [-0.3, -0.25) is 4.79 Å². The number of rotatable bonds is 5. The number of likely N-dealkylation sites (N-methyl/N-ethyl adjacent to an activating group) is 1. The van der Waals surface area contributed by atoms with E-state index in [0.29, 0.717) is 11.6 Å². The van der Waals surface area contributed by atoms with Crippen LogP contribution in [0.2, 0.25) is 5.02 Å². The molecule has 25 heavy (non-hydrogen) atoms. The first kappa shape index (κ1) is 17.8. The Morgan fingerprint density at radius 1 is 1.28 bits per heavy atom. The van der Waals surface area contributed by atoms with E-state index in [2.05, 4.69) is 27.6 Å². The molecule has 0 saturated heterocycles. The van der Waals surface area contributed by atoms with Gasteiger partial charge in [-0.2, -0.15) is 5.10 Å². The number of aromatic nitrogens is 2. The van der Waals surface area contributed by atoms with Crippen LogP contribution in [0.3, 0.4) is 0 Å². The monoisotopic (exact) mass is 361 g/mol. The fourth-order valence-corrected chi connectivity index (χ4v) is 3.38. The number of hydrogen-bond acceptors (Lipinski definition) is 5. The van der Waals surface area contributed by atoms with Gasteiger partial charge in [-0.05, 0) is 44.7 Å². The molecule has 0 amide bonds. The zero-order valence-electron chi connectivity index (χ0n) is 14.8. The Morgan fingerprint density at radius 3 is 2.68 bits per heavy atom. The minimum absolute atomic E-state index is 0.0273. The smallest absolute Gasteiger partial charge is 0.271 e. The van der Waals surface area contributed by atoms with Gasteiger partial charge in [0.15, 0.2) is 5.82 Å². The predicted octanol–water partition coefficient (Wildman–Crippen LogP) is 2.02. The van der Waals surface area contributed by atoms with Gasteiger partial charge in [0, 0.05) is 54.6 Å². The lowest BCUT2D eigenvalue weighted by Gasteiger charge is -2.31. The van der Waals surface area contributed by atoms with Crippen molar-refractivity contribution >= 4 is 23.1 Å². The fourth-order valence-electron chi connectivity index (χ4n) is 3.25. The van der Waals surface area contributed by atoms with Crippen molar-refractivity contribution in [3.05, 3.63) is 50.8 Å². The quantitative estimate of drug-likeness (QED) is 0.853. The second kappa shape index (κ2) is 7.45. The van der Waals surface area contributed by atoms with Gasteiger partial charge in [0.25, 0.3) is 5.56 Å². The average Bonchev–Trinajstić information content (AvgIpc) is 2.60. The van der Waals surface area contributed by atoms with Crippen LogP contribution < -0.4 is 21.1 Å². The number of aryl methyl sites for hydroxylation is 1. The van der Waals surface area contributed by atoms with Gasteiger partial charge < -0.3 is 15.5 Å². The largest absolute Gasteiger partial charge is 0.367 e. The van der Waals surface area contributed by atoms with Crippen LogP contribution in [0.15, 0.2) is 29.1 Å². The van der Waals surface area contributed by atoms with Crippen molar-refractivity contribution in [2.45, 2.75) is 25.9 Å². The normalized spacial score (nSPS) is 15.0. The van der Waals surface area contributed by atoms with Crippen LogP contribution >= 0.6 is 11.6 Å². The molecule has 0 saturated carbocycles. The maximum Gasteiger partial charge on any atom is 0.271 e. The van der Waals surface area contributed by atoms with Crippen molar-refractivity contribution in [1.29, 1.82) is 0 Å². The minimum Gasteiger partial charge on any atom is -0.367 e. The summed E-state index contributed by atoms with van der Waals surface area (Å²) in [4.78, 5) is 14.8. The Kier molecular flexibility index (Phi) is 5.30. The maximum atomic E-state index is 12.6. The summed E-state index contributed by atoms with van der Waals surface area (Å²) >= 11 is 5.98. The molecule has 1 aromatic heterocycles. The van der Waals surface area contributed by atoms with Gasteiger partial charge in [-0.15, -0.1) is 0 Å². The molecule has 2 aromatic rings. The summed E-state index contributed by atoms with van der Waals surface area (Å²) in [6.45, 7) is 4.36. The van der Waals surface area contributed by atoms with Crippen LogP contribution in [0.25, 0.3) is 0 Å². The highest BCUT2D eigenvalue weighted by Gasteiger charge is 2.24. The molecule has 6 nitrogen and oxygen atoms in total. The molecule has 3 rings (SSSR count). The number of halogens is 1. The fraction of sp³-hybridized carbons (Fsp3) is 0.444. The molecule has 0 fully saturated rings. The zero-order valence-corrected chi connectivity index (χ0v) is 15.6. The first-order chi connectivity index (χ1) is 12.0. The molecule has 1 aliphatic rings. The second-order valence-electron chi connectivity index (χ2n) is 6.49. The van der Waals surface area contributed by atoms with E-state index >= 15 is 0 Å². The lowest BCUT2D eigenvalue weighted by Crippen LogP contribution is -2.39. The van der Waals surface area contributed by atoms with E-state index in [1.807, 2.05) is 31.3 Å². The van der Waals surface area contributed by atoms with Crippen molar-refractivity contribution in [3.8, 4) is 0 Å². The molecule has 1 aliphatic heterocycles. The van der Waals surface area contributed by atoms with Crippen molar-refractivity contribution in [3.63, 3.8) is 0 Å². The molecule has 1 atom stereocenters. The molecule has 2 N–H and O–H groups in total. The van der Waals surface area contributed by atoms with Gasteiger partial charge in [-0.25, -0.2) is 4.68 Å². The van der Waals surface area contributed by atoms with E-state index in [4.69, 9.17) is 11.6 Å². The van der Waals surface area contributed by atoms with Crippen LogP contribution in [-0.4, -0.2) is 36.0 Å². The van der Waals surface area contributed by atoms with Gasteiger partial charge >= 0.3 is 0 Å². The third-order valence-corrected chi connectivity index (χ3v) is 4.77. The molecular weight excluding hydrogens is 338 g/mol. The Bertz CT molecular complexity index is 802. The highest BCUT2D eigenvalue weighted by Crippen LogP contribution is 2.27. The Hall–Kier alpha value is -2.05. The summed E-state index contributed by atoms with van der Waals surface area (Å²) in [6.07, 6.45) is 0.787. The van der Waals surface area contributed by atoms with E-state index in [0.717, 1.165) is 42.1 Å². The van der Waals surface area contributed by atoms with E-state index in [-0.39, 0.29) is 11.6 Å². The summed E-state index contributed by atoms with van der Waals surface area (Å²) in [6, 6.07) is 7.97. The van der Waals surface area contributed by atoms with Crippen molar-refractivity contribution in [2.24, 2.45) is 7.05 Å². The predicted molar refractivity (Wildman–Crippen MR) is 103 cm³/mol. The van der Waals surface area contributed by atoms with Gasteiger partial charge in [-0.1, -0.05) is 11.6 Å². The number of nitrogens with one attached hydrogen (secondary N) is 2. The third kappa shape index (κ3) is 3.80. The topological polar surface area (TPSA) is 62.2 Å². The standard InChI is InChI=1S/C18H24ClN5O/c1-12(10-20-2)21-17-15-8-9-24(14-6-4-13(19)5-7-14)11-16(15)18(25)23(3)22-17/h4-7,12,20H,8-11H2,1-3H3,(H,21,22). The average molecular weight is 362 g/mol. The van der Waals surface area contributed by atoms with Crippen LogP contribution in [0.1, 0.15) is 18.1 Å². The van der Waals surface area contributed by atoms with Crippen molar-refractivity contribution in [2.75, 3.05) is 30.4 Å². The van der Waals surface area contributed by atoms with Crippen LogP contribution in [-0.2, 0) is 20.0 Å². The van der Waals surface area contributed by atoms with Crippen molar-refractivity contribution < 1.29 is 0 Å². The number of anilines is 2. The zero-order chi connectivity index (χ0) is 18.0. The molecule has 134 valence electrons. The summed E-state index contributed by atoms with van der Waals surface area (Å²) in [5, 5.41) is 11.7. The van der Waals surface area contributed by atoms with Gasteiger partial charge in [0.1, 0.15) is 0 Å². The summed E-state index contributed by atoms with van der Waals surface area (Å²) in [5.41, 5.74) is 2.90. The first-order valence-electron chi connectivity index (χ1n) is 8.50. The molecule has 1 aromatic carbocycles.